The van der Waals surface area contributed by atoms with Crippen LogP contribution in [-0.2, 0) is 32.6 Å². The van der Waals surface area contributed by atoms with E-state index in [4.69, 9.17) is 32.7 Å². The number of hydrogen-bond donors (Lipinski definition) is 1. The number of likely N-dealkylation sites (N-methyl/N-ethyl adjacent to an activating group) is 1. The summed E-state index contributed by atoms with van der Waals surface area (Å²) >= 11 is 12.5. The molecule has 0 saturated heterocycles. The second-order valence-corrected chi connectivity index (χ2v) is 13.4. The number of sulfonamides is 1. The van der Waals surface area contributed by atoms with Crippen molar-refractivity contribution >= 4 is 50.7 Å². The van der Waals surface area contributed by atoms with Crippen molar-refractivity contribution in [3.8, 4) is 11.5 Å². The molecule has 0 saturated carbocycles. The lowest BCUT2D eigenvalue weighted by atomic mass is 10.0. The maximum atomic E-state index is 14.6. The summed E-state index contributed by atoms with van der Waals surface area (Å²) in [7, 11) is -1.39. The van der Waals surface area contributed by atoms with Crippen molar-refractivity contribution in [2.24, 2.45) is 0 Å². The second kappa shape index (κ2) is 16.0. The van der Waals surface area contributed by atoms with E-state index in [0.717, 1.165) is 15.4 Å². The Labute approximate surface area is 286 Å². The van der Waals surface area contributed by atoms with Crippen LogP contribution >= 0.6 is 23.2 Å². The van der Waals surface area contributed by atoms with Crippen LogP contribution < -0.4 is 19.1 Å². The molecular formula is C35H37Cl2N3O6S. The molecule has 12 heteroatoms. The molecule has 0 unspecified atom stereocenters. The number of nitrogens with one attached hydrogen (secondary N) is 1. The van der Waals surface area contributed by atoms with Crippen molar-refractivity contribution < 1.29 is 27.5 Å². The first-order valence-corrected chi connectivity index (χ1v) is 17.0. The van der Waals surface area contributed by atoms with Gasteiger partial charge in [0.25, 0.3) is 10.0 Å². The summed E-state index contributed by atoms with van der Waals surface area (Å²) in [5.41, 5.74) is 2.47. The summed E-state index contributed by atoms with van der Waals surface area (Å²) < 4.78 is 40.4. The number of halogens is 2. The minimum atomic E-state index is -4.29. The summed E-state index contributed by atoms with van der Waals surface area (Å²) in [6.07, 6.45) is 0.181. The fourth-order valence-electron chi connectivity index (χ4n) is 5.03. The molecule has 0 aliphatic carbocycles. The monoisotopic (exact) mass is 697 g/mol. The Morgan fingerprint density at radius 2 is 1.51 bits per heavy atom. The largest absolute Gasteiger partial charge is 0.493 e. The summed E-state index contributed by atoms with van der Waals surface area (Å²) in [4.78, 5) is 29.6. The lowest BCUT2D eigenvalue weighted by Crippen LogP contribution is -2.53. The third-order valence-corrected chi connectivity index (χ3v) is 10.0. The summed E-state index contributed by atoms with van der Waals surface area (Å²) in [6, 6.07) is 24.2. The van der Waals surface area contributed by atoms with Crippen LogP contribution in [0.5, 0.6) is 11.5 Å². The van der Waals surface area contributed by atoms with E-state index in [-0.39, 0.29) is 40.2 Å². The third kappa shape index (κ3) is 8.77. The smallest absolute Gasteiger partial charge is 0.264 e. The zero-order chi connectivity index (χ0) is 34.1. The van der Waals surface area contributed by atoms with Crippen LogP contribution in [0, 0.1) is 6.92 Å². The molecule has 9 nitrogen and oxygen atoms in total. The molecule has 0 heterocycles. The molecule has 0 spiro atoms. The number of rotatable bonds is 14. The topological polar surface area (TPSA) is 105 Å². The Balaban J connectivity index is 1.85. The predicted octanol–water partition coefficient (Wildman–Crippen LogP) is 6.29. The van der Waals surface area contributed by atoms with Crippen molar-refractivity contribution in [2.45, 2.75) is 37.8 Å². The maximum Gasteiger partial charge on any atom is 0.264 e. The van der Waals surface area contributed by atoms with Crippen molar-refractivity contribution in [2.75, 3.05) is 31.6 Å². The van der Waals surface area contributed by atoms with E-state index >= 15 is 0 Å². The summed E-state index contributed by atoms with van der Waals surface area (Å²) in [5, 5.41) is 3.45. The summed E-state index contributed by atoms with van der Waals surface area (Å²) in [6.45, 7) is 3.29. The highest BCUT2D eigenvalue weighted by Crippen LogP contribution is 2.34. The molecule has 248 valence electrons. The van der Waals surface area contributed by atoms with Gasteiger partial charge in [-0.1, -0.05) is 77.3 Å². The average molecular weight is 699 g/mol. The van der Waals surface area contributed by atoms with Crippen molar-refractivity contribution in [1.29, 1.82) is 0 Å². The molecule has 0 fully saturated rings. The van der Waals surface area contributed by atoms with Crippen LogP contribution in [-0.4, -0.2) is 58.5 Å². The highest BCUT2D eigenvalue weighted by atomic mass is 35.5. The molecule has 0 aliphatic heterocycles. The Bertz CT molecular complexity index is 1800. The van der Waals surface area contributed by atoms with Gasteiger partial charge in [0, 0.05) is 25.6 Å². The van der Waals surface area contributed by atoms with Crippen LogP contribution in [0.2, 0.25) is 10.0 Å². The molecule has 4 aromatic carbocycles. The molecule has 0 aliphatic rings. The minimum Gasteiger partial charge on any atom is -0.493 e. The Kier molecular flexibility index (Phi) is 12.1. The number of methoxy groups -OCH3 is 2. The van der Waals surface area contributed by atoms with Gasteiger partial charge in [-0.2, -0.15) is 0 Å². The summed E-state index contributed by atoms with van der Waals surface area (Å²) in [5.74, 6) is -0.341. The number of carbonyl (C=O) groups is 2. The number of nitrogens with zero attached hydrogens (tertiary/aromatic N) is 2. The normalized spacial score (nSPS) is 11.8. The Hall–Kier alpha value is -4.25. The van der Waals surface area contributed by atoms with Gasteiger partial charge in [0.05, 0.1) is 34.8 Å². The average Bonchev–Trinajstić information content (AvgIpc) is 3.07. The van der Waals surface area contributed by atoms with Crippen molar-refractivity contribution in [3.05, 3.63) is 118 Å². The molecule has 0 radical (unpaired) electrons. The molecule has 1 N–H and O–H groups in total. The number of benzene rings is 4. The van der Waals surface area contributed by atoms with E-state index in [0.29, 0.717) is 22.9 Å². The molecule has 4 rings (SSSR count). The molecule has 1 atom stereocenters. The van der Waals surface area contributed by atoms with Gasteiger partial charge in [0.2, 0.25) is 11.8 Å². The van der Waals surface area contributed by atoms with E-state index in [2.05, 4.69) is 5.32 Å². The van der Waals surface area contributed by atoms with E-state index in [1.165, 1.54) is 43.4 Å². The van der Waals surface area contributed by atoms with Gasteiger partial charge in [-0.15, -0.1) is 0 Å². The number of ether oxygens (including phenoxy) is 2. The van der Waals surface area contributed by atoms with E-state index in [1.54, 1.807) is 43.3 Å². The van der Waals surface area contributed by atoms with E-state index in [1.807, 2.05) is 37.3 Å². The van der Waals surface area contributed by atoms with Gasteiger partial charge in [-0.25, -0.2) is 8.42 Å². The Morgan fingerprint density at radius 3 is 2.13 bits per heavy atom. The highest BCUT2D eigenvalue weighted by molar-refractivity contribution is 7.92. The van der Waals surface area contributed by atoms with E-state index in [9.17, 15) is 18.0 Å². The van der Waals surface area contributed by atoms with Crippen LogP contribution in [0.25, 0.3) is 0 Å². The third-order valence-electron chi connectivity index (χ3n) is 7.50. The molecule has 2 amide bonds. The van der Waals surface area contributed by atoms with Crippen molar-refractivity contribution in [1.82, 2.24) is 10.2 Å². The fraction of sp³-hybridized carbons (Fsp3) is 0.257. The fourth-order valence-corrected chi connectivity index (χ4v) is 6.75. The minimum absolute atomic E-state index is 0.00807. The van der Waals surface area contributed by atoms with Gasteiger partial charge < -0.3 is 19.7 Å². The van der Waals surface area contributed by atoms with Gasteiger partial charge in [0.15, 0.2) is 11.5 Å². The number of amides is 2. The van der Waals surface area contributed by atoms with Crippen LogP contribution in [0.1, 0.15) is 23.6 Å². The zero-order valence-corrected chi connectivity index (χ0v) is 28.9. The van der Waals surface area contributed by atoms with Crippen molar-refractivity contribution in [3.63, 3.8) is 0 Å². The van der Waals surface area contributed by atoms with Crippen LogP contribution in [0.15, 0.2) is 95.9 Å². The van der Waals surface area contributed by atoms with Gasteiger partial charge in [-0.05, 0) is 61.4 Å². The first kappa shape index (κ1) is 35.6. The van der Waals surface area contributed by atoms with Crippen LogP contribution in [0.4, 0.5) is 5.69 Å². The van der Waals surface area contributed by atoms with Crippen LogP contribution in [0.3, 0.4) is 0 Å². The first-order chi connectivity index (χ1) is 22.5. The van der Waals surface area contributed by atoms with Gasteiger partial charge in [-0.3, -0.25) is 13.9 Å². The number of carbonyl (C=O) groups excluding carboxylic acids is 2. The maximum absolute atomic E-state index is 14.6. The highest BCUT2D eigenvalue weighted by Gasteiger charge is 2.35. The van der Waals surface area contributed by atoms with E-state index < -0.39 is 28.5 Å². The van der Waals surface area contributed by atoms with Gasteiger partial charge >= 0.3 is 0 Å². The quantitative estimate of drug-likeness (QED) is 0.166. The zero-order valence-electron chi connectivity index (χ0n) is 26.6. The lowest BCUT2D eigenvalue weighted by molar-refractivity contribution is -0.140. The number of anilines is 1. The predicted molar refractivity (Wildman–Crippen MR) is 185 cm³/mol. The number of hydrogen-bond acceptors (Lipinski definition) is 6. The molecule has 0 bridgehead atoms. The first-order valence-electron chi connectivity index (χ1n) is 14.8. The van der Waals surface area contributed by atoms with Gasteiger partial charge in [0.1, 0.15) is 12.6 Å². The molecule has 47 heavy (non-hydrogen) atoms. The standard InChI is InChI=1S/C35H37Cl2N3O6S/c1-5-38-35(42)31(20-25-9-7-6-8-10-25)39(22-26-13-17-29(36)30(37)19-26)34(41)23-40(27-14-18-32(45-3)33(21-27)46-4)47(43,44)28-15-11-24(2)12-16-28/h6-19,21,31H,5,20,22-23H2,1-4H3,(H,38,42)/t31-/m0/s1. The molecule has 0 aromatic heterocycles. The SMILES string of the molecule is CCNC(=O)[C@H](Cc1ccccc1)N(Cc1ccc(Cl)c(Cl)c1)C(=O)CN(c1ccc(OC)c(OC)c1)S(=O)(=O)c1ccc(C)cc1. The molecular weight excluding hydrogens is 661 g/mol. The Morgan fingerprint density at radius 1 is 0.830 bits per heavy atom. The lowest BCUT2D eigenvalue weighted by Gasteiger charge is -2.34. The second-order valence-electron chi connectivity index (χ2n) is 10.7. The molecule has 4 aromatic rings. The number of aryl methyl sites for hydroxylation is 1.